The van der Waals surface area contributed by atoms with Gasteiger partial charge in [0, 0.05) is 21.7 Å². The number of fused-ring (bicyclic) bond motifs is 13. The molecule has 0 aromatic carbocycles. The van der Waals surface area contributed by atoms with E-state index in [0.29, 0.717) is 10.0 Å². The molecule has 3 unspecified atom stereocenters. The van der Waals surface area contributed by atoms with E-state index in [-0.39, 0.29) is 86.1 Å². The number of aromatic nitrogens is 6. The summed E-state index contributed by atoms with van der Waals surface area (Å²) in [6.45, 7) is 27.3. The zero-order valence-corrected chi connectivity index (χ0v) is 48.8. The van der Waals surface area contributed by atoms with Crippen molar-refractivity contribution in [1.29, 1.82) is 0 Å². The van der Waals surface area contributed by atoms with E-state index in [9.17, 15) is 60.7 Å². The number of aliphatic hydroxyl groups excluding tert-OH is 10. The summed E-state index contributed by atoms with van der Waals surface area (Å²) in [5.74, 6) is -10.6. The summed E-state index contributed by atoms with van der Waals surface area (Å²) < 4.78 is 11.3. The highest BCUT2D eigenvalue weighted by Crippen LogP contribution is 2.34. The van der Waals surface area contributed by atoms with E-state index in [1.54, 1.807) is 26.8 Å². The first kappa shape index (κ1) is 64.3. The minimum atomic E-state index is -1.63. The molecular formula is C54H50N16O15S3. The summed E-state index contributed by atoms with van der Waals surface area (Å²) in [7, 11) is 0. The second kappa shape index (κ2) is 27.7. The number of hydrogen-bond acceptors (Lipinski definition) is 23. The average molecular weight is 1260 g/mol. The van der Waals surface area contributed by atoms with Crippen LogP contribution >= 0.6 is 34.0 Å². The van der Waals surface area contributed by atoms with E-state index in [1.165, 1.54) is 35.2 Å². The van der Waals surface area contributed by atoms with E-state index < -0.39 is 112 Å². The minimum absolute atomic E-state index is 0.0494. The first-order chi connectivity index (χ1) is 41.6. The van der Waals surface area contributed by atoms with Gasteiger partial charge in [-0.05, 0) is 31.9 Å². The van der Waals surface area contributed by atoms with Gasteiger partial charge in [-0.15, -0.1) is 34.0 Å². The van der Waals surface area contributed by atoms with Crippen molar-refractivity contribution in [3.05, 3.63) is 165 Å². The van der Waals surface area contributed by atoms with Crippen molar-refractivity contribution in [2.24, 2.45) is 50.8 Å². The van der Waals surface area contributed by atoms with Crippen LogP contribution in [-0.4, -0.2) is 163 Å². The van der Waals surface area contributed by atoms with Crippen LogP contribution in [0.25, 0.3) is 33.4 Å². The van der Waals surface area contributed by atoms with Gasteiger partial charge in [0.2, 0.25) is 64.9 Å². The van der Waals surface area contributed by atoms with Crippen molar-refractivity contribution >= 4 is 110 Å². The van der Waals surface area contributed by atoms with Crippen LogP contribution in [-0.2, 0) is 11.3 Å². The van der Waals surface area contributed by atoms with E-state index in [2.05, 4.69) is 120 Å². The van der Waals surface area contributed by atoms with Crippen molar-refractivity contribution in [3.63, 3.8) is 0 Å². The van der Waals surface area contributed by atoms with Gasteiger partial charge < -0.3 is 70.3 Å². The zero-order chi connectivity index (χ0) is 64.4. The standard InChI is InChI=1S/C54H50N16O15S3/c1-20(2)13-31-51-67-33(16-85-51)44(76)55-14-37-63-34(17-86-37)46(78)61-26(8)52-68-35(18-87-52)47(79)59-24(6)42(74)60-25(7)50-66-32(15-84-50)39-29(53-69-36(19-88-53)48(80)70-38(28(10)71)49(81)65-31)11-12-30(64-39)45(77)58-23(5)41(73)56-21(3)40(72)57-22(4)43(75)62-27(9)54(82)83/h11-13,15-20,26,28,38,71H,3-7,9,14H2,1-2,8,10H3,(H,55,76)(H,56,73)(H,57,72)(H,58,77)(H,59,79)(H,60,74)(H,61,78)(H,62,75)(H,65,81)(H,70,80)(H,82,83). The topological polar surface area (TPSA) is 484 Å². The fraction of sp³-hybridized carbons (Fsp3) is 0.167. The van der Waals surface area contributed by atoms with E-state index in [4.69, 9.17) is 13.9 Å². The molecule has 88 heavy (non-hydrogen) atoms. The predicted molar refractivity (Wildman–Crippen MR) is 329 cm³/mol. The Labute approximate surface area is 508 Å². The fourth-order valence-electron chi connectivity index (χ4n) is 6.76. The van der Waals surface area contributed by atoms with Gasteiger partial charge in [-0.25, -0.2) is 79.6 Å². The highest BCUT2D eigenvalue weighted by atomic mass is 32.1. The largest absolute Gasteiger partial charge is 0.495 e. The molecule has 0 radical (unpaired) electrons. The Morgan fingerprint density at radius 1 is 0.659 bits per heavy atom. The number of carboxylic acid groups (broad SMARTS) is 1. The Hall–Kier alpha value is -11.2. The van der Waals surface area contributed by atoms with Gasteiger partial charge in [-0.2, -0.15) is 0 Å². The summed E-state index contributed by atoms with van der Waals surface area (Å²) >= 11 is 3.11. The Bertz CT molecular complexity index is 4160. The van der Waals surface area contributed by atoms with Gasteiger partial charge in [-0.3, -0.25) is 4.79 Å². The van der Waals surface area contributed by atoms with Crippen LogP contribution in [0.2, 0.25) is 0 Å². The van der Waals surface area contributed by atoms with Gasteiger partial charge in [0.05, 0.1) is 18.3 Å². The maximum atomic E-state index is 13.8. The lowest BCUT2D eigenvalue weighted by molar-refractivity contribution is -0.132. The Balaban J connectivity index is 1.27. The van der Waals surface area contributed by atoms with E-state index in [0.717, 1.165) is 46.5 Å². The van der Waals surface area contributed by atoms with Crippen molar-refractivity contribution in [1.82, 2.24) is 35.2 Å². The van der Waals surface area contributed by atoms with Gasteiger partial charge in [0.25, 0.3) is 5.91 Å². The molecule has 0 saturated carbocycles. The maximum absolute atomic E-state index is 13.8. The summed E-state index contributed by atoms with van der Waals surface area (Å²) in [5.41, 5.74) is -4.28. The first-order valence-electron chi connectivity index (χ1n) is 24.9. The van der Waals surface area contributed by atoms with Crippen LogP contribution < -0.4 is 5.32 Å². The molecule has 34 heteroatoms. The Kier molecular flexibility index (Phi) is 20.2. The molecule has 1 amide bonds. The number of rotatable bonds is 11. The molecule has 31 nitrogen and oxygen atoms in total. The number of carboxylic acids is 1. The Morgan fingerprint density at radius 3 is 1.93 bits per heavy atom. The quantitative estimate of drug-likeness (QED) is 0.0328. The van der Waals surface area contributed by atoms with Gasteiger partial charge in [0.1, 0.15) is 102 Å². The van der Waals surface area contributed by atoms with Gasteiger partial charge in [-0.1, -0.05) is 59.4 Å². The number of thiazole rings is 3. The lowest BCUT2D eigenvalue weighted by Gasteiger charge is -2.14. The van der Waals surface area contributed by atoms with Gasteiger partial charge in [0.15, 0.2) is 11.7 Å². The summed E-state index contributed by atoms with van der Waals surface area (Å²) in [5, 5.41) is 125. The molecular weight excluding hydrogens is 1210 g/mol. The summed E-state index contributed by atoms with van der Waals surface area (Å²) in [6, 6.07) is 0.185. The number of aliphatic hydroxyl groups is 10. The number of nitrogens with zero attached hydrogens (tertiary/aromatic N) is 15. The van der Waals surface area contributed by atoms with Crippen LogP contribution in [0.4, 0.5) is 0 Å². The number of aliphatic carboxylic acids is 1. The molecule has 0 saturated heterocycles. The minimum Gasteiger partial charge on any atom is -0.495 e. The van der Waals surface area contributed by atoms with Crippen LogP contribution in [0.1, 0.15) is 88.8 Å². The molecule has 6 aromatic heterocycles. The molecule has 6 aromatic rings. The second-order valence-electron chi connectivity index (χ2n) is 18.2. The number of pyridine rings is 1. The van der Waals surface area contributed by atoms with Crippen molar-refractivity contribution in [2.75, 3.05) is 0 Å². The Morgan fingerprint density at radius 2 is 1.25 bits per heavy atom. The molecule has 1 aliphatic rings. The van der Waals surface area contributed by atoms with Crippen LogP contribution in [0.15, 0.2) is 169 Å². The third-order valence-corrected chi connectivity index (χ3v) is 13.8. The first-order valence-corrected chi connectivity index (χ1v) is 27.5. The number of allylic oxidation sites excluding steroid dienone is 1. The summed E-state index contributed by atoms with van der Waals surface area (Å²) in [6.07, 6.45) is 2.23. The lowest BCUT2D eigenvalue weighted by atomic mass is 10.1. The lowest BCUT2D eigenvalue weighted by Crippen LogP contribution is -2.31. The number of carbonyl (C=O) groups excluding carboxylic acids is 1. The number of aliphatic imine (C=N–C) groups is 9. The van der Waals surface area contributed by atoms with Crippen molar-refractivity contribution < 1.29 is 74.6 Å². The number of hydrogen-bond donors (Lipinski definition) is 12. The average Bonchev–Trinajstić information content (AvgIpc) is 2.61. The zero-order valence-electron chi connectivity index (χ0n) is 46.4. The molecule has 454 valence electrons. The molecule has 12 N–H and O–H groups in total. The fourth-order valence-corrected chi connectivity index (χ4v) is 9.07. The van der Waals surface area contributed by atoms with Crippen molar-refractivity contribution in [2.45, 2.75) is 52.4 Å². The molecule has 0 aliphatic carbocycles. The smallest absolute Gasteiger partial charge is 0.354 e. The maximum Gasteiger partial charge on any atom is 0.354 e. The predicted octanol–water partition coefficient (Wildman–Crippen LogP) is 8.54. The number of nitrogens with one attached hydrogen (secondary N) is 1. The molecule has 0 spiro atoms. The second-order valence-corrected chi connectivity index (χ2v) is 20.9. The number of carbonyl (C=O) groups is 2. The molecule has 3 atom stereocenters. The number of oxazole rings is 2. The third-order valence-electron chi connectivity index (χ3n) is 11.1. The monoisotopic (exact) mass is 1260 g/mol. The van der Waals surface area contributed by atoms with Gasteiger partial charge >= 0.3 is 5.97 Å². The molecule has 0 fully saturated rings. The molecule has 7 heterocycles. The third kappa shape index (κ3) is 15.9. The van der Waals surface area contributed by atoms with Crippen LogP contribution in [0.3, 0.4) is 0 Å². The SMILES string of the molecule is C=C(N=C(O)C(=C)N=C(O)C(=C)N=C(O)C(=C)NC(=O)c1ccc2c(n1)-c1coc(n1)C(=C)N=C(O)C(=C)N=C(O)c1csc(n1)C(C)N=C(O)c1csc(n1)CN=C(O)c1coc(n1)C(=CC(C)C)N=C(O)C(C(C)O)N=C(O)c1csc-2n1)C(=O)O. The van der Waals surface area contributed by atoms with E-state index in [1.807, 2.05) is 0 Å². The van der Waals surface area contributed by atoms with Crippen LogP contribution in [0.5, 0.6) is 0 Å². The molecule has 1 aliphatic heterocycles. The molecule has 10 bridgehead atoms. The normalized spacial score (nSPS) is 17.0. The highest BCUT2D eigenvalue weighted by Gasteiger charge is 2.27. The number of amides is 1. The summed E-state index contributed by atoms with van der Waals surface area (Å²) in [4.78, 5) is 86.4. The highest BCUT2D eigenvalue weighted by molar-refractivity contribution is 7.13. The van der Waals surface area contributed by atoms with E-state index >= 15 is 0 Å². The van der Waals surface area contributed by atoms with Crippen LogP contribution in [0, 0.1) is 5.92 Å². The molecule has 7 rings (SSSR count). The van der Waals surface area contributed by atoms with Crippen molar-refractivity contribution in [3.8, 4) is 22.0 Å².